The van der Waals surface area contributed by atoms with Gasteiger partial charge in [-0.15, -0.1) is 0 Å². The number of nitrogens with zero attached hydrogens (tertiary/aromatic N) is 2. The maximum Gasteiger partial charge on any atom is 0.225 e. The van der Waals surface area contributed by atoms with E-state index < -0.39 is 0 Å². The molecule has 1 amide bonds. The number of nitrogens with one attached hydrogen (secondary N) is 1. The van der Waals surface area contributed by atoms with Crippen molar-refractivity contribution in [3.8, 4) is 6.07 Å². The Labute approximate surface area is 144 Å². The molecule has 0 fully saturated rings. The largest absolute Gasteiger partial charge is 0.326 e. The number of rotatable bonds is 6. The average Bonchev–Trinajstić information content (AvgIpc) is 2.55. The van der Waals surface area contributed by atoms with E-state index in [1.54, 1.807) is 6.07 Å². The summed E-state index contributed by atoms with van der Waals surface area (Å²) < 4.78 is 0.981. The second kappa shape index (κ2) is 8.47. The summed E-state index contributed by atoms with van der Waals surface area (Å²) in [7, 11) is 1.96. The Morgan fingerprint density at radius 3 is 2.70 bits per heavy atom. The van der Waals surface area contributed by atoms with Crippen LogP contribution in [0.3, 0.4) is 0 Å². The molecule has 0 aliphatic carbocycles. The molecule has 0 radical (unpaired) electrons. The molecule has 0 spiro atoms. The predicted molar refractivity (Wildman–Crippen MR) is 94.9 cm³/mol. The highest BCUT2D eigenvalue weighted by Gasteiger charge is 2.06. The van der Waals surface area contributed by atoms with Gasteiger partial charge in [0, 0.05) is 29.7 Å². The molecule has 23 heavy (non-hydrogen) atoms. The Morgan fingerprint density at radius 2 is 2.00 bits per heavy atom. The molecule has 4 nitrogen and oxygen atoms in total. The fraction of sp³-hybridized carbons (Fsp3) is 0.222. The lowest BCUT2D eigenvalue weighted by atomic mass is 10.1. The third-order valence-electron chi connectivity index (χ3n) is 3.36. The van der Waals surface area contributed by atoms with Crippen molar-refractivity contribution in [3.63, 3.8) is 0 Å². The maximum atomic E-state index is 12.0. The third kappa shape index (κ3) is 5.85. The highest BCUT2D eigenvalue weighted by Crippen LogP contribution is 2.14. The summed E-state index contributed by atoms with van der Waals surface area (Å²) in [4.78, 5) is 14.0. The second-order valence-electron chi connectivity index (χ2n) is 5.36. The van der Waals surface area contributed by atoms with Gasteiger partial charge in [-0.05, 0) is 49.0 Å². The van der Waals surface area contributed by atoms with Gasteiger partial charge in [0.1, 0.15) is 0 Å². The topological polar surface area (TPSA) is 56.1 Å². The Kier molecular flexibility index (Phi) is 6.33. The van der Waals surface area contributed by atoms with Gasteiger partial charge in [-0.3, -0.25) is 4.79 Å². The van der Waals surface area contributed by atoms with Crippen molar-refractivity contribution in [1.29, 1.82) is 5.26 Å². The molecule has 0 aliphatic rings. The zero-order valence-corrected chi connectivity index (χ0v) is 14.5. The average molecular weight is 372 g/mol. The highest BCUT2D eigenvalue weighted by molar-refractivity contribution is 9.10. The lowest BCUT2D eigenvalue weighted by molar-refractivity contribution is -0.116. The molecule has 1 N–H and O–H groups in total. The lowest BCUT2D eigenvalue weighted by Gasteiger charge is -2.16. The molecule has 2 rings (SSSR count). The van der Waals surface area contributed by atoms with Crippen LogP contribution in [0.2, 0.25) is 0 Å². The van der Waals surface area contributed by atoms with Crippen molar-refractivity contribution < 1.29 is 4.79 Å². The van der Waals surface area contributed by atoms with Crippen LogP contribution in [0.25, 0.3) is 0 Å². The highest BCUT2D eigenvalue weighted by atomic mass is 79.9. The number of amides is 1. The lowest BCUT2D eigenvalue weighted by Crippen LogP contribution is -2.24. The molecule has 0 unspecified atom stereocenters. The first-order valence-electron chi connectivity index (χ1n) is 7.30. The van der Waals surface area contributed by atoms with Crippen LogP contribution >= 0.6 is 15.9 Å². The first-order valence-corrected chi connectivity index (χ1v) is 8.09. The summed E-state index contributed by atoms with van der Waals surface area (Å²) >= 11 is 3.36. The fourth-order valence-corrected chi connectivity index (χ4v) is 2.44. The van der Waals surface area contributed by atoms with Crippen molar-refractivity contribution >= 4 is 27.5 Å². The summed E-state index contributed by atoms with van der Waals surface area (Å²) in [5, 5.41) is 11.8. The Balaban J connectivity index is 1.79. The van der Waals surface area contributed by atoms with Gasteiger partial charge in [0.2, 0.25) is 5.91 Å². The van der Waals surface area contributed by atoms with Gasteiger partial charge in [0.25, 0.3) is 0 Å². The fourth-order valence-electron chi connectivity index (χ4n) is 2.18. The van der Waals surface area contributed by atoms with Gasteiger partial charge in [-0.2, -0.15) is 5.26 Å². The van der Waals surface area contributed by atoms with E-state index in [1.165, 1.54) is 0 Å². The third-order valence-corrected chi connectivity index (χ3v) is 3.89. The first-order chi connectivity index (χ1) is 11.1. The minimum absolute atomic E-state index is 0.00931. The van der Waals surface area contributed by atoms with Gasteiger partial charge >= 0.3 is 0 Å². The number of hydrogen-bond acceptors (Lipinski definition) is 3. The van der Waals surface area contributed by atoms with Crippen molar-refractivity contribution in [3.05, 3.63) is 64.1 Å². The summed E-state index contributed by atoms with van der Waals surface area (Å²) in [5.41, 5.74) is 2.52. The molecule has 2 aromatic rings. The molecule has 0 bridgehead atoms. The smallest absolute Gasteiger partial charge is 0.225 e. The summed E-state index contributed by atoms with van der Waals surface area (Å²) in [6.07, 6.45) is 0.421. The molecule has 118 valence electrons. The van der Waals surface area contributed by atoms with E-state index in [9.17, 15) is 4.79 Å². The number of halogens is 1. The Hall–Kier alpha value is -2.16. The predicted octanol–water partition coefficient (Wildman–Crippen LogP) is 3.78. The summed E-state index contributed by atoms with van der Waals surface area (Å²) in [6.45, 7) is 1.36. The normalized spacial score (nSPS) is 10.3. The number of hydrogen-bond donors (Lipinski definition) is 1. The maximum absolute atomic E-state index is 12.0. The molecular formula is C18H18BrN3O. The van der Waals surface area contributed by atoms with Gasteiger partial charge in [-0.25, -0.2) is 0 Å². The zero-order chi connectivity index (χ0) is 16.7. The molecule has 0 heterocycles. The standard InChI is InChI=1S/C18H18BrN3O/c1-22(13-15-4-2-3-14(11-15)12-20)10-9-18(23)21-17-7-5-16(19)6-8-17/h2-8,11H,9-10,13H2,1H3,(H,21,23). The number of benzene rings is 2. The van der Waals surface area contributed by atoms with Crippen LogP contribution in [0.15, 0.2) is 53.0 Å². The van der Waals surface area contributed by atoms with E-state index in [2.05, 4.69) is 32.2 Å². The van der Waals surface area contributed by atoms with Crippen LogP contribution in [-0.2, 0) is 11.3 Å². The van der Waals surface area contributed by atoms with Crippen LogP contribution in [0.4, 0.5) is 5.69 Å². The van der Waals surface area contributed by atoms with Crippen LogP contribution in [0.1, 0.15) is 17.5 Å². The number of nitriles is 1. The molecule has 0 aromatic heterocycles. The van der Waals surface area contributed by atoms with Crippen molar-refractivity contribution in [2.24, 2.45) is 0 Å². The van der Waals surface area contributed by atoms with Crippen LogP contribution < -0.4 is 5.32 Å². The SMILES string of the molecule is CN(CCC(=O)Nc1ccc(Br)cc1)Cc1cccc(C#N)c1. The van der Waals surface area contributed by atoms with E-state index in [0.717, 1.165) is 15.7 Å². The molecule has 2 aromatic carbocycles. The van der Waals surface area contributed by atoms with E-state index in [1.807, 2.05) is 49.5 Å². The second-order valence-corrected chi connectivity index (χ2v) is 6.27. The van der Waals surface area contributed by atoms with E-state index in [0.29, 0.717) is 25.1 Å². The van der Waals surface area contributed by atoms with Crippen molar-refractivity contribution in [2.45, 2.75) is 13.0 Å². The molecule has 0 atom stereocenters. The number of carbonyl (C=O) groups is 1. The molecule has 0 saturated carbocycles. The van der Waals surface area contributed by atoms with Gasteiger partial charge < -0.3 is 10.2 Å². The van der Waals surface area contributed by atoms with E-state index in [-0.39, 0.29) is 5.91 Å². The molecule has 0 aliphatic heterocycles. The monoisotopic (exact) mass is 371 g/mol. The van der Waals surface area contributed by atoms with Crippen molar-refractivity contribution in [2.75, 3.05) is 18.9 Å². The van der Waals surface area contributed by atoms with E-state index >= 15 is 0 Å². The summed E-state index contributed by atoms with van der Waals surface area (Å²) in [5.74, 6) is -0.00931. The zero-order valence-electron chi connectivity index (χ0n) is 12.9. The number of carbonyl (C=O) groups excluding carboxylic acids is 1. The Morgan fingerprint density at radius 1 is 1.26 bits per heavy atom. The van der Waals surface area contributed by atoms with Gasteiger partial charge in [-0.1, -0.05) is 28.1 Å². The first kappa shape index (κ1) is 17.2. The van der Waals surface area contributed by atoms with Gasteiger partial charge in [0.15, 0.2) is 0 Å². The Bertz CT molecular complexity index is 707. The van der Waals surface area contributed by atoms with Crippen molar-refractivity contribution in [1.82, 2.24) is 4.90 Å². The van der Waals surface area contributed by atoms with Crippen LogP contribution in [0.5, 0.6) is 0 Å². The molecule has 0 saturated heterocycles. The van der Waals surface area contributed by atoms with E-state index in [4.69, 9.17) is 5.26 Å². The minimum atomic E-state index is -0.00931. The molecule has 5 heteroatoms. The summed E-state index contributed by atoms with van der Waals surface area (Å²) in [6, 6.07) is 17.2. The van der Waals surface area contributed by atoms with Crippen LogP contribution in [-0.4, -0.2) is 24.4 Å². The minimum Gasteiger partial charge on any atom is -0.326 e. The quantitative estimate of drug-likeness (QED) is 0.840. The molecular weight excluding hydrogens is 354 g/mol. The van der Waals surface area contributed by atoms with Crippen LogP contribution in [0, 0.1) is 11.3 Å². The number of anilines is 1. The van der Waals surface area contributed by atoms with Gasteiger partial charge in [0.05, 0.1) is 11.6 Å².